The predicted octanol–water partition coefficient (Wildman–Crippen LogP) is 5.03. The Bertz CT molecular complexity index is 1310. The normalized spacial score (nSPS) is 11.0. The summed E-state index contributed by atoms with van der Waals surface area (Å²) in [5, 5.41) is 6.18. The summed E-state index contributed by atoms with van der Waals surface area (Å²) >= 11 is 0. The van der Waals surface area contributed by atoms with Gasteiger partial charge in [0.15, 0.2) is 0 Å². The third-order valence-electron chi connectivity index (χ3n) is 4.79. The first kappa shape index (κ1) is 16.2. The molecule has 0 aliphatic carbocycles. The second kappa shape index (κ2) is 6.63. The van der Waals surface area contributed by atoms with E-state index >= 15 is 0 Å². The van der Waals surface area contributed by atoms with Gasteiger partial charge in [0.1, 0.15) is 5.65 Å². The quantitative estimate of drug-likeness (QED) is 0.472. The maximum Gasteiger partial charge on any atom is 0.257 e. The molecule has 5 rings (SSSR count). The number of carbonyl (C=O) groups is 1. The molecule has 0 atom stereocenters. The van der Waals surface area contributed by atoms with Crippen LogP contribution in [-0.4, -0.2) is 20.9 Å². The second-order valence-corrected chi connectivity index (χ2v) is 6.58. The lowest BCUT2D eigenvalue weighted by molar-refractivity contribution is 0.102. The second-order valence-electron chi connectivity index (χ2n) is 6.58. The van der Waals surface area contributed by atoms with E-state index in [0.29, 0.717) is 11.3 Å². The fraction of sp³-hybridized carbons (Fsp3) is 0. The summed E-state index contributed by atoms with van der Waals surface area (Å²) in [6, 6.07) is 20.1. The number of anilines is 1. The molecule has 0 fully saturated rings. The van der Waals surface area contributed by atoms with Gasteiger partial charge < -0.3 is 10.3 Å². The number of nitrogens with zero attached hydrogens (tertiary/aromatic N) is 2. The van der Waals surface area contributed by atoms with Crippen LogP contribution in [0.2, 0.25) is 0 Å². The minimum absolute atomic E-state index is 0.204. The molecule has 0 aliphatic heterocycles. The number of fused-ring (bicyclic) bond motifs is 2. The minimum atomic E-state index is -0.204. The van der Waals surface area contributed by atoms with Crippen molar-refractivity contribution < 1.29 is 4.79 Å². The van der Waals surface area contributed by atoms with E-state index in [1.165, 1.54) is 10.8 Å². The van der Waals surface area contributed by atoms with E-state index in [-0.39, 0.29) is 5.91 Å². The number of H-pyrrole nitrogens is 1. The molecular weight excluding hydrogens is 348 g/mol. The van der Waals surface area contributed by atoms with E-state index in [0.717, 1.165) is 22.2 Å². The molecule has 5 aromatic rings. The summed E-state index contributed by atoms with van der Waals surface area (Å²) < 4.78 is 0. The molecule has 2 N–H and O–H groups in total. The number of hydrogen-bond acceptors (Lipinski definition) is 3. The maximum absolute atomic E-state index is 12.5. The Hall–Kier alpha value is -3.99. The van der Waals surface area contributed by atoms with Crippen molar-refractivity contribution in [2.75, 3.05) is 5.32 Å². The average molecular weight is 364 g/mol. The molecule has 28 heavy (non-hydrogen) atoms. The van der Waals surface area contributed by atoms with Crippen molar-refractivity contribution in [2.45, 2.75) is 0 Å². The SMILES string of the molecule is O=C(Nc1c[nH]c2ncc(-c3ccc4ccccc4c3)cc12)c1cccnc1. The Kier molecular flexibility index (Phi) is 3.84. The molecule has 5 heteroatoms. The number of rotatable bonds is 3. The summed E-state index contributed by atoms with van der Waals surface area (Å²) in [7, 11) is 0. The molecule has 5 nitrogen and oxygen atoms in total. The zero-order chi connectivity index (χ0) is 18.9. The lowest BCUT2D eigenvalue weighted by Crippen LogP contribution is -2.11. The molecule has 1 amide bonds. The van der Waals surface area contributed by atoms with Crippen LogP contribution in [0.15, 0.2) is 85.5 Å². The van der Waals surface area contributed by atoms with Gasteiger partial charge in [-0.1, -0.05) is 36.4 Å². The van der Waals surface area contributed by atoms with Gasteiger partial charge in [0.25, 0.3) is 5.91 Å². The number of aromatic amines is 1. The number of benzene rings is 2. The Morgan fingerprint density at radius 1 is 0.893 bits per heavy atom. The molecule has 3 aromatic heterocycles. The molecule has 2 aromatic carbocycles. The van der Waals surface area contributed by atoms with E-state index < -0.39 is 0 Å². The summed E-state index contributed by atoms with van der Waals surface area (Å²) in [6.45, 7) is 0. The summed E-state index contributed by atoms with van der Waals surface area (Å²) in [5.74, 6) is -0.204. The molecule has 0 saturated carbocycles. The first-order valence-corrected chi connectivity index (χ1v) is 8.96. The maximum atomic E-state index is 12.5. The summed E-state index contributed by atoms with van der Waals surface area (Å²) in [6.07, 6.45) is 6.79. The standard InChI is InChI=1S/C23H16N4O/c28-23(18-6-3-9-24-12-18)27-21-14-26-22-20(21)11-19(13-25-22)17-8-7-15-4-1-2-5-16(15)10-17/h1-14H,(H,25,26)(H,27,28). The molecule has 0 bridgehead atoms. The van der Waals surface area contributed by atoms with E-state index in [1.54, 1.807) is 30.7 Å². The van der Waals surface area contributed by atoms with Gasteiger partial charge >= 0.3 is 0 Å². The number of nitrogens with one attached hydrogen (secondary N) is 2. The van der Waals surface area contributed by atoms with Crippen LogP contribution in [0.5, 0.6) is 0 Å². The third kappa shape index (κ3) is 2.89. The molecule has 0 unspecified atom stereocenters. The molecule has 3 heterocycles. The van der Waals surface area contributed by atoms with E-state index in [1.807, 2.05) is 24.4 Å². The van der Waals surface area contributed by atoms with Crippen molar-refractivity contribution in [1.29, 1.82) is 0 Å². The van der Waals surface area contributed by atoms with Crippen LogP contribution < -0.4 is 5.32 Å². The van der Waals surface area contributed by atoms with Gasteiger partial charge in [0.05, 0.1) is 11.3 Å². The van der Waals surface area contributed by atoms with Gasteiger partial charge in [0.2, 0.25) is 0 Å². The Labute approximate surface area is 161 Å². The highest BCUT2D eigenvalue weighted by atomic mass is 16.1. The smallest absolute Gasteiger partial charge is 0.257 e. The number of carbonyl (C=O) groups excluding carboxylic acids is 1. The van der Waals surface area contributed by atoms with Crippen molar-refractivity contribution in [3.8, 4) is 11.1 Å². The fourth-order valence-electron chi connectivity index (χ4n) is 3.33. The third-order valence-corrected chi connectivity index (χ3v) is 4.79. The highest BCUT2D eigenvalue weighted by Crippen LogP contribution is 2.29. The molecule has 0 spiro atoms. The van der Waals surface area contributed by atoms with Crippen LogP contribution in [0.1, 0.15) is 10.4 Å². The van der Waals surface area contributed by atoms with Crippen molar-refractivity contribution in [3.05, 3.63) is 91.0 Å². The Balaban J connectivity index is 1.53. The lowest BCUT2D eigenvalue weighted by Gasteiger charge is -2.06. The zero-order valence-electron chi connectivity index (χ0n) is 14.9. The highest BCUT2D eigenvalue weighted by molar-refractivity contribution is 6.08. The predicted molar refractivity (Wildman–Crippen MR) is 111 cm³/mol. The number of aromatic nitrogens is 3. The van der Waals surface area contributed by atoms with Crippen LogP contribution in [0.4, 0.5) is 5.69 Å². The topological polar surface area (TPSA) is 70.7 Å². The molecule has 134 valence electrons. The van der Waals surface area contributed by atoms with Crippen molar-refractivity contribution in [3.63, 3.8) is 0 Å². The van der Waals surface area contributed by atoms with Gasteiger partial charge in [-0.05, 0) is 40.6 Å². The van der Waals surface area contributed by atoms with Crippen LogP contribution in [-0.2, 0) is 0 Å². The number of hydrogen-bond donors (Lipinski definition) is 2. The Morgan fingerprint density at radius 3 is 2.64 bits per heavy atom. The molecule has 0 aliphatic rings. The Morgan fingerprint density at radius 2 is 1.79 bits per heavy atom. The largest absolute Gasteiger partial charge is 0.344 e. The van der Waals surface area contributed by atoms with E-state index in [2.05, 4.69) is 50.6 Å². The molecule has 0 radical (unpaired) electrons. The van der Waals surface area contributed by atoms with E-state index in [9.17, 15) is 4.79 Å². The van der Waals surface area contributed by atoms with Crippen molar-refractivity contribution >= 4 is 33.4 Å². The number of pyridine rings is 2. The lowest BCUT2D eigenvalue weighted by atomic mass is 10.0. The van der Waals surface area contributed by atoms with Gasteiger partial charge in [0, 0.05) is 35.7 Å². The van der Waals surface area contributed by atoms with Gasteiger partial charge in [-0.25, -0.2) is 4.98 Å². The van der Waals surface area contributed by atoms with E-state index in [4.69, 9.17) is 0 Å². The van der Waals surface area contributed by atoms with Crippen LogP contribution in [0, 0.1) is 0 Å². The average Bonchev–Trinajstić information content (AvgIpc) is 3.16. The highest BCUT2D eigenvalue weighted by Gasteiger charge is 2.12. The van der Waals surface area contributed by atoms with Crippen molar-refractivity contribution in [2.24, 2.45) is 0 Å². The molecular formula is C23H16N4O. The van der Waals surface area contributed by atoms with Gasteiger partial charge in [-0.2, -0.15) is 0 Å². The molecule has 0 saturated heterocycles. The zero-order valence-corrected chi connectivity index (χ0v) is 14.9. The fourth-order valence-corrected chi connectivity index (χ4v) is 3.33. The summed E-state index contributed by atoms with van der Waals surface area (Å²) in [5.41, 5.74) is 4.01. The first-order chi connectivity index (χ1) is 13.8. The first-order valence-electron chi connectivity index (χ1n) is 8.96. The van der Waals surface area contributed by atoms with Crippen LogP contribution in [0.3, 0.4) is 0 Å². The van der Waals surface area contributed by atoms with Crippen LogP contribution in [0.25, 0.3) is 32.9 Å². The number of amides is 1. The minimum Gasteiger partial charge on any atom is -0.344 e. The monoisotopic (exact) mass is 364 g/mol. The van der Waals surface area contributed by atoms with Gasteiger partial charge in [-0.3, -0.25) is 9.78 Å². The van der Waals surface area contributed by atoms with Gasteiger partial charge in [-0.15, -0.1) is 0 Å². The van der Waals surface area contributed by atoms with Crippen LogP contribution >= 0.6 is 0 Å². The summed E-state index contributed by atoms with van der Waals surface area (Å²) in [4.78, 5) is 24.1. The van der Waals surface area contributed by atoms with Crippen molar-refractivity contribution in [1.82, 2.24) is 15.0 Å².